The molecule has 2 rings (SSSR count). The first-order valence-electron chi connectivity index (χ1n) is 6.85. The molecule has 1 atom stereocenters. The van der Waals surface area contributed by atoms with Gasteiger partial charge in [0.25, 0.3) is 0 Å². The van der Waals surface area contributed by atoms with E-state index in [-0.39, 0.29) is 11.9 Å². The molecular weight excluding hydrogens is 276 g/mol. The zero-order valence-corrected chi connectivity index (χ0v) is 12.8. The zero-order valence-electron chi connectivity index (χ0n) is 12.0. The maximum absolute atomic E-state index is 12.1. The first-order valence-corrected chi connectivity index (χ1v) is 7.22. The lowest BCUT2D eigenvalue weighted by Gasteiger charge is -2.34. The van der Waals surface area contributed by atoms with Crippen molar-refractivity contribution in [1.29, 1.82) is 0 Å². The molecule has 0 N–H and O–H groups in total. The highest BCUT2D eigenvalue weighted by molar-refractivity contribution is 6.31. The van der Waals surface area contributed by atoms with Crippen LogP contribution < -0.4 is 0 Å². The maximum Gasteiger partial charge on any atom is 0.314 e. The maximum atomic E-state index is 12.1. The number of halogens is 1. The number of likely N-dealkylation sites (N-methyl/N-ethyl adjacent to an activating group) is 1. The van der Waals surface area contributed by atoms with E-state index in [1.807, 2.05) is 24.3 Å². The number of rotatable bonds is 4. The predicted molar refractivity (Wildman–Crippen MR) is 80.1 cm³/mol. The van der Waals surface area contributed by atoms with Crippen LogP contribution in [0.2, 0.25) is 5.02 Å². The molecule has 1 saturated heterocycles. The third-order valence-corrected chi connectivity index (χ3v) is 4.15. The van der Waals surface area contributed by atoms with Gasteiger partial charge in [0.1, 0.15) is 0 Å². The molecule has 1 heterocycles. The summed E-state index contributed by atoms with van der Waals surface area (Å²) in [6, 6.07) is 7.49. The second-order valence-electron chi connectivity index (χ2n) is 5.20. The third kappa shape index (κ3) is 3.72. The minimum absolute atomic E-state index is 0.225. The second kappa shape index (κ2) is 7.07. The van der Waals surface area contributed by atoms with Crippen LogP contribution in [-0.4, -0.2) is 62.7 Å². The SMILES string of the molecule is COC(=O)C(CN1CCN(C)CC1)c1ccccc1Cl. The molecule has 1 aliphatic rings. The highest BCUT2D eigenvalue weighted by atomic mass is 35.5. The van der Waals surface area contributed by atoms with Gasteiger partial charge in [-0.05, 0) is 18.7 Å². The lowest BCUT2D eigenvalue weighted by Crippen LogP contribution is -2.46. The van der Waals surface area contributed by atoms with E-state index in [0.29, 0.717) is 11.6 Å². The number of ether oxygens (including phenoxy) is 1. The Morgan fingerprint density at radius 2 is 1.95 bits per heavy atom. The fraction of sp³-hybridized carbons (Fsp3) is 0.533. The summed E-state index contributed by atoms with van der Waals surface area (Å²) in [5.41, 5.74) is 0.847. The van der Waals surface area contributed by atoms with Crippen LogP contribution in [-0.2, 0) is 9.53 Å². The van der Waals surface area contributed by atoms with Crippen molar-refractivity contribution >= 4 is 17.6 Å². The van der Waals surface area contributed by atoms with E-state index >= 15 is 0 Å². The zero-order chi connectivity index (χ0) is 14.5. The molecule has 1 fully saturated rings. The Bertz CT molecular complexity index is 459. The molecule has 0 amide bonds. The van der Waals surface area contributed by atoms with Crippen molar-refractivity contribution in [2.75, 3.05) is 46.9 Å². The predicted octanol–water partition coefficient (Wildman–Crippen LogP) is 1.84. The summed E-state index contributed by atoms with van der Waals surface area (Å²) >= 11 is 6.23. The summed E-state index contributed by atoms with van der Waals surface area (Å²) in [6.45, 7) is 4.64. The standard InChI is InChI=1S/C15H21ClN2O2/c1-17-7-9-18(10-8-17)11-13(15(19)20-2)12-5-3-4-6-14(12)16/h3-6,13H,7-11H2,1-2H3. The van der Waals surface area contributed by atoms with E-state index in [9.17, 15) is 4.79 Å². The molecular formula is C15H21ClN2O2. The van der Waals surface area contributed by atoms with Gasteiger partial charge < -0.3 is 9.64 Å². The van der Waals surface area contributed by atoms with Crippen LogP contribution in [0.3, 0.4) is 0 Å². The number of methoxy groups -OCH3 is 1. The lowest BCUT2D eigenvalue weighted by molar-refractivity contribution is -0.143. The van der Waals surface area contributed by atoms with E-state index in [0.717, 1.165) is 31.7 Å². The van der Waals surface area contributed by atoms with Crippen molar-refractivity contribution < 1.29 is 9.53 Å². The third-order valence-electron chi connectivity index (χ3n) is 3.80. The normalized spacial score (nSPS) is 18.8. The fourth-order valence-corrected chi connectivity index (χ4v) is 2.76. The summed E-state index contributed by atoms with van der Waals surface area (Å²) in [7, 11) is 3.54. The number of hydrogen-bond acceptors (Lipinski definition) is 4. The van der Waals surface area contributed by atoms with Gasteiger partial charge in [0.05, 0.1) is 13.0 Å². The number of esters is 1. The van der Waals surface area contributed by atoms with Gasteiger partial charge in [0.15, 0.2) is 0 Å². The Morgan fingerprint density at radius 3 is 2.55 bits per heavy atom. The van der Waals surface area contributed by atoms with Gasteiger partial charge in [-0.2, -0.15) is 0 Å². The number of carbonyl (C=O) groups is 1. The molecule has 110 valence electrons. The monoisotopic (exact) mass is 296 g/mol. The summed E-state index contributed by atoms with van der Waals surface area (Å²) in [6.07, 6.45) is 0. The molecule has 0 bridgehead atoms. The molecule has 0 aliphatic carbocycles. The summed E-state index contributed by atoms with van der Waals surface area (Å²) in [5.74, 6) is -0.547. The Morgan fingerprint density at radius 1 is 1.30 bits per heavy atom. The fourth-order valence-electron chi connectivity index (χ4n) is 2.49. The number of piperazine rings is 1. The average molecular weight is 297 g/mol. The van der Waals surface area contributed by atoms with Crippen LogP contribution in [0.15, 0.2) is 24.3 Å². The topological polar surface area (TPSA) is 32.8 Å². The van der Waals surface area contributed by atoms with E-state index in [1.165, 1.54) is 7.11 Å². The smallest absolute Gasteiger partial charge is 0.314 e. The lowest BCUT2D eigenvalue weighted by atomic mass is 9.98. The minimum Gasteiger partial charge on any atom is -0.469 e. The van der Waals surface area contributed by atoms with E-state index in [2.05, 4.69) is 16.8 Å². The number of nitrogens with zero attached hydrogens (tertiary/aromatic N) is 2. The average Bonchev–Trinajstić information content (AvgIpc) is 2.47. The summed E-state index contributed by atoms with van der Waals surface area (Å²) in [5, 5.41) is 0.622. The van der Waals surface area contributed by atoms with Gasteiger partial charge in [0.2, 0.25) is 0 Å². The number of benzene rings is 1. The van der Waals surface area contributed by atoms with Gasteiger partial charge in [-0.15, -0.1) is 0 Å². The van der Waals surface area contributed by atoms with Crippen molar-refractivity contribution in [3.8, 4) is 0 Å². The van der Waals surface area contributed by atoms with Crippen LogP contribution >= 0.6 is 11.6 Å². The molecule has 4 nitrogen and oxygen atoms in total. The molecule has 1 aromatic rings. The quantitative estimate of drug-likeness (QED) is 0.794. The second-order valence-corrected chi connectivity index (χ2v) is 5.61. The van der Waals surface area contributed by atoms with E-state index < -0.39 is 0 Å². The molecule has 1 unspecified atom stereocenters. The Balaban J connectivity index is 2.12. The molecule has 0 saturated carbocycles. The van der Waals surface area contributed by atoms with Gasteiger partial charge in [-0.3, -0.25) is 9.69 Å². The van der Waals surface area contributed by atoms with Crippen LogP contribution in [0.25, 0.3) is 0 Å². The van der Waals surface area contributed by atoms with Crippen molar-refractivity contribution in [2.24, 2.45) is 0 Å². The van der Waals surface area contributed by atoms with Gasteiger partial charge in [0, 0.05) is 37.7 Å². The Kier molecular flexibility index (Phi) is 5.40. The van der Waals surface area contributed by atoms with Crippen molar-refractivity contribution in [1.82, 2.24) is 9.80 Å². The molecule has 5 heteroatoms. The first kappa shape index (κ1) is 15.3. The van der Waals surface area contributed by atoms with Gasteiger partial charge in [-0.25, -0.2) is 0 Å². The largest absolute Gasteiger partial charge is 0.469 e. The summed E-state index contributed by atoms with van der Waals surface area (Å²) < 4.78 is 4.95. The van der Waals surface area contributed by atoms with Crippen LogP contribution in [0.5, 0.6) is 0 Å². The highest BCUT2D eigenvalue weighted by Crippen LogP contribution is 2.26. The van der Waals surface area contributed by atoms with Crippen LogP contribution in [0.4, 0.5) is 0 Å². The number of hydrogen-bond donors (Lipinski definition) is 0. The molecule has 0 spiro atoms. The minimum atomic E-state index is -0.322. The first-order chi connectivity index (χ1) is 9.61. The molecule has 0 radical (unpaired) electrons. The van der Waals surface area contributed by atoms with Gasteiger partial charge >= 0.3 is 5.97 Å². The summed E-state index contributed by atoms with van der Waals surface area (Å²) in [4.78, 5) is 16.7. The van der Waals surface area contributed by atoms with E-state index in [4.69, 9.17) is 16.3 Å². The Labute approximate surface area is 125 Å². The highest BCUT2D eigenvalue weighted by Gasteiger charge is 2.27. The van der Waals surface area contributed by atoms with Crippen LogP contribution in [0.1, 0.15) is 11.5 Å². The Hall–Kier alpha value is -1.10. The molecule has 1 aromatic carbocycles. The van der Waals surface area contributed by atoms with Crippen molar-refractivity contribution in [2.45, 2.75) is 5.92 Å². The molecule has 20 heavy (non-hydrogen) atoms. The van der Waals surface area contributed by atoms with Crippen molar-refractivity contribution in [3.05, 3.63) is 34.9 Å². The van der Waals surface area contributed by atoms with E-state index in [1.54, 1.807) is 0 Å². The molecule has 1 aliphatic heterocycles. The van der Waals surface area contributed by atoms with Crippen LogP contribution in [0, 0.1) is 0 Å². The van der Waals surface area contributed by atoms with Gasteiger partial charge in [-0.1, -0.05) is 29.8 Å². The number of carbonyl (C=O) groups excluding carboxylic acids is 1. The van der Waals surface area contributed by atoms with Crippen molar-refractivity contribution in [3.63, 3.8) is 0 Å². The molecule has 0 aromatic heterocycles.